The predicted molar refractivity (Wildman–Crippen MR) is 71.5 cm³/mol. The number of ether oxygens (including phenoxy) is 3. The van der Waals surface area contributed by atoms with Crippen LogP contribution in [0.4, 0.5) is 0 Å². The fraction of sp³-hybridized carbons (Fsp3) is 0.867. The Morgan fingerprint density at radius 3 is 2.56 bits per heavy atom. The molecule has 2 heterocycles. The van der Waals surface area contributed by atoms with Gasteiger partial charge in [-0.25, -0.2) is 0 Å². The fourth-order valence-electron chi connectivity index (χ4n) is 2.85. The molecule has 1 unspecified atom stereocenters. The zero-order valence-electron chi connectivity index (χ0n) is 11.8. The zero-order valence-corrected chi connectivity index (χ0v) is 11.8. The smallest absolute Gasteiger partial charge is 0.191 e. The number of rotatable bonds is 4. The molecule has 2 saturated heterocycles. The summed E-state index contributed by atoms with van der Waals surface area (Å²) in [5.74, 6) is -0.438. The summed E-state index contributed by atoms with van der Waals surface area (Å²) in [5, 5.41) is 0. The van der Waals surface area contributed by atoms with E-state index in [2.05, 4.69) is 20.4 Å². The van der Waals surface area contributed by atoms with E-state index < -0.39 is 5.79 Å². The second-order valence-corrected chi connectivity index (χ2v) is 6.01. The second kappa shape index (κ2) is 5.72. The van der Waals surface area contributed by atoms with Crippen LogP contribution >= 0.6 is 0 Å². The molecule has 0 aromatic carbocycles. The highest BCUT2D eigenvalue weighted by atomic mass is 16.8. The van der Waals surface area contributed by atoms with Crippen LogP contribution in [0.5, 0.6) is 0 Å². The summed E-state index contributed by atoms with van der Waals surface area (Å²) in [7, 11) is 0. The molecule has 0 radical (unpaired) electrons. The van der Waals surface area contributed by atoms with E-state index in [-0.39, 0.29) is 5.60 Å². The number of allylic oxidation sites excluding steroid dienone is 1. The van der Waals surface area contributed by atoms with Crippen LogP contribution in [0, 0.1) is 0 Å². The van der Waals surface area contributed by atoms with Gasteiger partial charge >= 0.3 is 0 Å². The Morgan fingerprint density at radius 1 is 1.17 bits per heavy atom. The molecule has 0 saturated carbocycles. The van der Waals surface area contributed by atoms with Crippen molar-refractivity contribution in [2.75, 3.05) is 19.8 Å². The third-order valence-electron chi connectivity index (χ3n) is 4.03. The highest BCUT2D eigenvalue weighted by Gasteiger charge is 2.42. The van der Waals surface area contributed by atoms with Crippen molar-refractivity contribution < 1.29 is 14.2 Å². The second-order valence-electron chi connectivity index (χ2n) is 6.01. The van der Waals surface area contributed by atoms with Gasteiger partial charge in [0.25, 0.3) is 0 Å². The van der Waals surface area contributed by atoms with Gasteiger partial charge in [0.2, 0.25) is 0 Å². The molecule has 1 spiro atoms. The third kappa shape index (κ3) is 3.56. The first-order chi connectivity index (χ1) is 8.54. The Morgan fingerprint density at radius 2 is 1.89 bits per heavy atom. The molecular formula is C15H26O3. The van der Waals surface area contributed by atoms with Gasteiger partial charge in [-0.15, -0.1) is 6.58 Å². The average Bonchev–Trinajstić information content (AvgIpc) is 2.69. The number of hydrogen-bond donors (Lipinski definition) is 0. The van der Waals surface area contributed by atoms with Gasteiger partial charge in [-0.3, -0.25) is 0 Å². The Bertz CT molecular complexity index is 294. The molecule has 0 bridgehead atoms. The van der Waals surface area contributed by atoms with Crippen LogP contribution in [0.1, 0.15) is 52.4 Å². The van der Waals surface area contributed by atoms with Crippen LogP contribution < -0.4 is 0 Å². The minimum absolute atomic E-state index is 0.0196. The van der Waals surface area contributed by atoms with E-state index >= 15 is 0 Å². The van der Waals surface area contributed by atoms with Crippen molar-refractivity contribution >= 4 is 0 Å². The maximum atomic E-state index is 6.13. The summed E-state index contributed by atoms with van der Waals surface area (Å²) in [6.45, 7) is 10.3. The molecule has 1 atom stereocenters. The fourth-order valence-corrected chi connectivity index (χ4v) is 2.85. The quantitative estimate of drug-likeness (QED) is 0.719. The van der Waals surface area contributed by atoms with E-state index in [1.54, 1.807) is 0 Å². The maximum absolute atomic E-state index is 6.13. The monoisotopic (exact) mass is 254 g/mol. The largest absolute Gasteiger partial charge is 0.370 e. The summed E-state index contributed by atoms with van der Waals surface area (Å²) in [6, 6.07) is 0. The van der Waals surface area contributed by atoms with Crippen molar-refractivity contribution in [2.45, 2.75) is 63.8 Å². The van der Waals surface area contributed by atoms with Crippen molar-refractivity contribution in [3.8, 4) is 0 Å². The van der Waals surface area contributed by atoms with Gasteiger partial charge in [-0.05, 0) is 46.0 Å². The Labute approximate surface area is 110 Å². The van der Waals surface area contributed by atoms with Gasteiger partial charge in [-0.1, -0.05) is 5.57 Å². The lowest BCUT2D eigenvalue weighted by molar-refractivity contribution is -0.208. The SMILES string of the molecule is C=C(C)CCCC1(C)CCCC2(CO1)OCCO2. The topological polar surface area (TPSA) is 27.7 Å². The molecule has 3 heteroatoms. The highest BCUT2D eigenvalue weighted by molar-refractivity contribution is 4.90. The van der Waals surface area contributed by atoms with E-state index in [4.69, 9.17) is 14.2 Å². The Kier molecular flexibility index (Phi) is 4.46. The summed E-state index contributed by atoms with van der Waals surface area (Å²) in [6.07, 6.45) is 6.51. The molecule has 0 aromatic heterocycles. The lowest BCUT2D eigenvalue weighted by Crippen LogP contribution is -2.37. The molecule has 0 amide bonds. The summed E-state index contributed by atoms with van der Waals surface area (Å²) < 4.78 is 17.6. The van der Waals surface area contributed by atoms with Gasteiger partial charge in [0, 0.05) is 6.42 Å². The minimum atomic E-state index is -0.438. The van der Waals surface area contributed by atoms with Crippen LogP contribution in [0.2, 0.25) is 0 Å². The molecule has 2 aliphatic rings. The normalized spacial score (nSPS) is 31.4. The Hall–Kier alpha value is -0.380. The van der Waals surface area contributed by atoms with E-state index in [1.807, 2.05) is 0 Å². The zero-order chi connectivity index (χ0) is 13.1. The summed E-state index contributed by atoms with van der Waals surface area (Å²) >= 11 is 0. The number of hydrogen-bond acceptors (Lipinski definition) is 3. The van der Waals surface area contributed by atoms with Gasteiger partial charge in [-0.2, -0.15) is 0 Å². The minimum Gasteiger partial charge on any atom is -0.370 e. The van der Waals surface area contributed by atoms with E-state index in [0.717, 1.165) is 38.5 Å². The molecule has 2 aliphatic heterocycles. The highest BCUT2D eigenvalue weighted by Crippen LogP contribution is 2.36. The third-order valence-corrected chi connectivity index (χ3v) is 4.03. The van der Waals surface area contributed by atoms with Crippen molar-refractivity contribution in [3.63, 3.8) is 0 Å². The average molecular weight is 254 g/mol. The molecule has 3 nitrogen and oxygen atoms in total. The van der Waals surface area contributed by atoms with E-state index in [0.29, 0.717) is 19.8 Å². The van der Waals surface area contributed by atoms with E-state index in [9.17, 15) is 0 Å². The van der Waals surface area contributed by atoms with Crippen molar-refractivity contribution in [1.29, 1.82) is 0 Å². The molecule has 0 aromatic rings. The molecule has 0 aliphatic carbocycles. The van der Waals surface area contributed by atoms with Gasteiger partial charge in [0.05, 0.1) is 18.8 Å². The Balaban J connectivity index is 1.84. The van der Waals surface area contributed by atoms with Crippen molar-refractivity contribution in [3.05, 3.63) is 12.2 Å². The van der Waals surface area contributed by atoms with Gasteiger partial charge < -0.3 is 14.2 Å². The lowest BCUT2D eigenvalue weighted by Gasteiger charge is -2.30. The molecule has 2 rings (SSSR count). The van der Waals surface area contributed by atoms with Gasteiger partial charge in [0.1, 0.15) is 6.61 Å². The van der Waals surface area contributed by atoms with Gasteiger partial charge in [0.15, 0.2) is 5.79 Å². The molecule has 18 heavy (non-hydrogen) atoms. The summed E-state index contributed by atoms with van der Waals surface area (Å²) in [4.78, 5) is 0. The standard InChI is InChI=1S/C15H26O3/c1-13(2)6-4-7-14(3)8-5-9-15(12-18-14)16-10-11-17-15/h1,4-12H2,2-3H3. The first kappa shape index (κ1) is 14.0. The van der Waals surface area contributed by atoms with Crippen LogP contribution in [0.15, 0.2) is 12.2 Å². The first-order valence-corrected chi connectivity index (χ1v) is 7.10. The summed E-state index contributed by atoms with van der Waals surface area (Å²) in [5.41, 5.74) is 1.24. The van der Waals surface area contributed by atoms with Crippen molar-refractivity contribution in [1.82, 2.24) is 0 Å². The van der Waals surface area contributed by atoms with E-state index in [1.165, 1.54) is 5.57 Å². The molecule has 104 valence electrons. The molecular weight excluding hydrogens is 228 g/mol. The van der Waals surface area contributed by atoms with Crippen molar-refractivity contribution in [2.24, 2.45) is 0 Å². The van der Waals surface area contributed by atoms with Crippen LogP contribution in [0.25, 0.3) is 0 Å². The lowest BCUT2D eigenvalue weighted by atomic mass is 9.92. The first-order valence-electron chi connectivity index (χ1n) is 7.10. The predicted octanol–water partition coefficient (Wildman–Crippen LogP) is 3.44. The maximum Gasteiger partial charge on any atom is 0.191 e. The van der Waals surface area contributed by atoms with Crippen LogP contribution in [-0.2, 0) is 14.2 Å². The molecule has 0 N–H and O–H groups in total. The van der Waals surface area contributed by atoms with Crippen LogP contribution in [-0.4, -0.2) is 31.2 Å². The van der Waals surface area contributed by atoms with Crippen LogP contribution in [0.3, 0.4) is 0 Å². The molecule has 2 fully saturated rings.